The molecule has 2 aliphatic rings. The van der Waals surface area contributed by atoms with Gasteiger partial charge in [0, 0.05) is 22.4 Å². The van der Waals surface area contributed by atoms with Crippen LogP contribution in [0.2, 0.25) is 0 Å². The first-order chi connectivity index (χ1) is 8.39. The molecule has 3 nitrogen and oxygen atoms in total. The van der Waals surface area contributed by atoms with Crippen LogP contribution in [0.4, 0.5) is 0 Å². The molecule has 2 saturated carbocycles. The van der Waals surface area contributed by atoms with Gasteiger partial charge in [-0.1, -0.05) is 15.9 Å². The zero-order valence-electron chi connectivity index (χ0n) is 10.2. The van der Waals surface area contributed by atoms with Crippen molar-refractivity contribution in [3.8, 4) is 0 Å². The fraction of sp³-hybridized carbons (Fsp3) is 1.00. The molecule has 17 heavy (non-hydrogen) atoms. The predicted molar refractivity (Wildman–Crippen MR) is 87.1 cm³/mol. The Morgan fingerprint density at radius 3 is 2.41 bits per heavy atom. The molecule has 0 radical (unpaired) electrons. The molecule has 0 spiro atoms. The number of alkyl halides is 1. The molecule has 0 aliphatic heterocycles. The van der Waals surface area contributed by atoms with Gasteiger partial charge in [-0.2, -0.15) is 0 Å². The van der Waals surface area contributed by atoms with Crippen molar-refractivity contribution in [3.63, 3.8) is 0 Å². The topological polar surface area (TPSA) is 43.4 Å². The van der Waals surface area contributed by atoms with E-state index in [0.29, 0.717) is 18.4 Å². The van der Waals surface area contributed by atoms with E-state index in [1.807, 2.05) is 22.0 Å². The number of rotatable bonds is 8. The molecule has 0 aromatic carbocycles. The van der Waals surface area contributed by atoms with Crippen LogP contribution in [0.5, 0.6) is 0 Å². The van der Waals surface area contributed by atoms with Crippen LogP contribution >= 0.6 is 55.0 Å². The maximum atomic E-state index is 12.6. The first-order valence-corrected chi connectivity index (χ1v) is 13.1. The summed E-state index contributed by atoms with van der Waals surface area (Å²) >= 11 is 6.51. The zero-order chi connectivity index (χ0) is 13.4. The van der Waals surface area contributed by atoms with E-state index in [1.54, 1.807) is 0 Å². The summed E-state index contributed by atoms with van der Waals surface area (Å²) in [5, 5.41) is -0.350. The molecule has 1 atom stereocenters. The number of halogens is 2. The summed E-state index contributed by atoms with van der Waals surface area (Å²) in [6.07, 6.45) is 3.72. The van der Waals surface area contributed by atoms with Crippen LogP contribution < -0.4 is 0 Å². The lowest BCUT2D eigenvalue weighted by Crippen LogP contribution is -2.37. The van der Waals surface area contributed by atoms with Crippen LogP contribution in [0.15, 0.2) is 0 Å². The first-order valence-electron chi connectivity index (χ1n) is 5.88. The Kier molecular flexibility index (Phi) is 4.66. The van der Waals surface area contributed by atoms with Crippen LogP contribution in [0, 0.1) is 0 Å². The average molecular weight is 475 g/mol. The summed E-state index contributed by atoms with van der Waals surface area (Å²) in [7, 11) is -3.05. The summed E-state index contributed by atoms with van der Waals surface area (Å²) < 4.78 is 36.9. The van der Waals surface area contributed by atoms with Gasteiger partial charge < -0.3 is 4.18 Å². The second-order valence-electron chi connectivity index (χ2n) is 4.72. The van der Waals surface area contributed by atoms with Crippen LogP contribution in [0.25, 0.3) is 0 Å². The maximum Gasteiger partial charge on any atom is 0.162 e. The molecule has 2 rings (SSSR count). The van der Waals surface area contributed by atoms with Gasteiger partial charge in [-0.05, 0) is 54.1 Å². The van der Waals surface area contributed by atoms with Crippen LogP contribution in [-0.4, -0.2) is 31.1 Å². The van der Waals surface area contributed by atoms with Crippen molar-refractivity contribution in [1.82, 2.24) is 0 Å². The third-order valence-corrected chi connectivity index (χ3v) is 10.9. The SMILES string of the molecule is [3H]P(I)SOCCC1(S(=O)(=O)C2(CBr)CC2)CC1. The third kappa shape index (κ3) is 2.84. The van der Waals surface area contributed by atoms with Crippen molar-refractivity contribution in [3.05, 3.63) is 0 Å². The largest absolute Gasteiger partial charge is 0.310 e. The van der Waals surface area contributed by atoms with E-state index in [2.05, 4.69) is 15.9 Å². The number of hydrogen-bond donors (Lipinski definition) is 0. The molecule has 0 heterocycles. The maximum absolute atomic E-state index is 12.6. The molecule has 8 heteroatoms. The lowest BCUT2D eigenvalue weighted by Gasteiger charge is -2.22. The van der Waals surface area contributed by atoms with Gasteiger partial charge in [0.05, 0.1) is 17.4 Å². The predicted octanol–water partition coefficient (Wildman–Crippen LogP) is 3.86. The van der Waals surface area contributed by atoms with Gasteiger partial charge in [-0.25, -0.2) is 8.42 Å². The molecule has 0 aromatic rings. The average Bonchev–Trinajstić information content (AvgIpc) is 3.17. The van der Waals surface area contributed by atoms with Gasteiger partial charge in [-0.3, -0.25) is 0 Å². The highest BCUT2D eigenvalue weighted by Crippen LogP contribution is 2.58. The van der Waals surface area contributed by atoms with E-state index in [-0.39, 0.29) is 0 Å². The monoisotopic (exact) mass is 474 g/mol. The number of sulfone groups is 1. The van der Waals surface area contributed by atoms with Crippen molar-refractivity contribution < 1.29 is 12.6 Å². The Bertz CT molecular complexity index is 412. The highest BCUT2D eigenvalue weighted by Gasteiger charge is 2.66. The number of hydrogen-bond acceptors (Lipinski definition) is 4. The highest BCUT2D eigenvalue weighted by atomic mass is 127. The lowest BCUT2D eigenvalue weighted by atomic mass is 10.3. The summed E-state index contributed by atoms with van der Waals surface area (Å²) in [6.45, 7) is 0.434. The van der Waals surface area contributed by atoms with Crippen molar-refractivity contribution in [2.45, 2.75) is 41.6 Å². The minimum Gasteiger partial charge on any atom is -0.310 e. The van der Waals surface area contributed by atoms with Crippen molar-refractivity contribution in [1.29, 1.82) is 1.28 Å². The Hall–Kier alpha value is 1.90. The fourth-order valence-corrected chi connectivity index (χ4v) is 7.87. The van der Waals surface area contributed by atoms with E-state index in [1.165, 1.54) is 0 Å². The van der Waals surface area contributed by atoms with Gasteiger partial charge >= 0.3 is 0 Å². The molecule has 0 saturated heterocycles. The second kappa shape index (κ2) is 5.72. The Balaban J connectivity index is 1.92. The molecular formula is C9H15BrIO3PS2. The molecular weight excluding hydrogens is 458 g/mol. The Morgan fingerprint density at radius 1 is 1.41 bits per heavy atom. The molecule has 0 N–H and O–H groups in total. The van der Waals surface area contributed by atoms with Gasteiger partial charge in [-0.15, -0.1) is 0 Å². The van der Waals surface area contributed by atoms with Gasteiger partial charge in [0.25, 0.3) is 0 Å². The zero-order valence-corrected chi connectivity index (χ0v) is 15.5. The van der Waals surface area contributed by atoms with E-state index in [4.69, 9.17) is 5.46 Å². The van der Waals surface area contributed by atoms with Gasteiger partial charge in [0.1, 0.15) is 0 Å². The normalized spacial score (nSPS) is 27.3. The Labute approximate surface area is 131 Å². The molecule has 100 valence electrons. The fourth-order valence-electron chi connectivity index (χ4n) is 2.15. The van der Waals surface area contributed by atoms with Gasteiger partial charge in [0.2, 0.25) is 0 Å². The van der Waals surface area contributed by atoms with Crippen LogP contribution in [0.1, 0.15) is 32.1 Å². The van der Waals surface area contributed by atoms with Crippen LogP contribution in [0.3, 0.4) is 0 Å². The summed E-state index contributed by atoms with van der Waals surface area (Å²) in [4.78, 5) is 0. The lowest BCUT2D eigenvalue weighted by molar-refractivity contribution is 0.360. The molecule has 1 unspecified atom stereocenters. The minimum atomic E-state index is -3.05. The van der Waals surface area contributed by atoms with Gasteiger partial charge in [0.15, 0.2) is 9.84 Å². The Morgan fingerprint density at radius 2 is 2.00 bits per heavy atom. The summed E-state index contributed by atoms with van der Waals surface area (Å²) in [5.74, 6) is 0. The van der Waals surface area contributed by atoms with Crippen molar-refractivity contribution in [2.24, 2.45) is 0 Å². The van der Waals surface area contributed by atoms with Crippen molar-refractivity contribution in [2.75, 3.05) is 11.9 Å². The molecule has 0 aromatic heterocycles. The van der Waals surface area contributed by atoms with Crippen LogP contribution in [-0.2, 0) is 14.0 Å². The van der Waals surface area contributed by atoms with E-state index in [9.17, 15) is 8.42 Å². The van der Waals surface area contributed by atoms with E-state index >= 15 is 0 Å². The molecule has 0 amide bonds. The summed E-state index contributed by atoms with van der Waals surface area (Å²) in [5.41, 5.74) is 0. The first kappa shape index (κ1) is 13.9. The molecule has 2 aliphatic carbocycles. The smallest absolute Gasteiger partial charge is 0.162 e. The minimum absolute atomic E-state index is 0.434. The quantitative estimate of drug-likeness (QED) is 0.176. The van der Waals surface area contributed by atoms with E-state index < -0.39 is 24.7 Å². The molecule has 0 bridgehead atoms. The standard InChI is InChI=1S/C9H15BrIO3PS2/c10-7-9(3-4-9)17(12,13)8(1-2-8)5-6-14-16-15-11/h15H,1-7H2/i15T. The highest BCUT2D eigenvalue weighted by molar-refractivity contribution is 14.2. The molecule has 2 fully saturated rings. The second-order valence-corrected chi connectivity index (χ2v) is 12.9. The van der Waals surface area contributed by atoms with Crippen molar-refractivity contribution >= 4 is 64.8 Å². The van der Waals surface area contributed by atoms with E-state index in [0.717, 1.165) is 37.3 Å². The summed E-state index contributed by atoms with van der Waals surface area (Å²) in [6, 6.07) is 0. The third-order valence-electron chi connectivity index (χ3n) is 3.72.